The molecular weight excluding hydrogens is 285 g/mol. The molecule has 0 aromatic heterocycles. The van der Waals surface area contributed by atoms with E-state index in [9.17, 15) is 26.7 Å². The van der Waals surface area contributed by atoms with E-state index in [0.717, 1.165) is 0 Å². The van der Waals surface area contributed by atoms with E-state index in [1.165, 1.54) is 14.0 Å². The number of carbonyl (C=O) groups is 1. The van der Waals surface area contributed by atoms with Crippen molar-refractivity contribution >= 4 is 5.91 Å². The summed E-state index contributed by atoms with van der Waals surface area (Å²) in [6.45, 7) is 8.69. The molecule has 2 unspecified atom stereocenters. The molecule has 20 heavy (non-hydrogen) atoms. The molecule has 0 heterocycles. The fourth-order valence-electron chi connectivity index (χ4n) is 1.56. The number of halogens is 5. The standard InChI is InChI=1S/C10H16F5NO2.C2H6/c1-5(2)7(18-4)6(3)16-8(17)9(11,12)10(13,14)15;1-2/h5-7H,1-4H3,(H,16,17);1-2H3. The quantitative estimate of drug-likeness (QED) is 0.791. The van der Waals surface area contributed by atoms with Crippen molar-refractivity contribution in [3.05, 3.63) is 0 Å². The Bertz CT molecular complexity index is 292. The van der Waals surface area contributed by atoms with Crippen molar-refractivity contribution in [1.82, 2.24) is 5.32 Å². The van der Waals surface area contributed by atoms with E-state index in [0.29, 0.717) is 0 Å². The lowest BCUT2D eigenvalue weighted by Gasteiger charge is -2.28. The SMILES string of the molecule is CC.COC(C(C)C)C(C)NC(=O)C(F)(F)C(F)(F)F. The zero-order valence-electron chi connectivity index (χ0n) is 12.4. The third kappa shape index (κ3) is 5.60. The number of amides is 1. The highest BCUT2D eigenvalue weighted by atomic mass is 19.4. The molecule has 0 aromatic rings. The summed E-state index contributed by atoms with van der Waals surface area (Å²) in [6.07, 6.45) is -6.56. The Labute approximate surface area is 115 Å². The lowest BCUT2D eigenvalue weighted by Crippen LogP contribution is -2.55. The predicted molar refractivity (Wildman–Crippen MR) is 65.6 cm³/mol. The van der Waals surface area contributed by atoms with Crippen molar-refractivity contribution < 1.29 is 31.5 Å². The van der Waals surface area contributed by atoms with E-state index >= 15 is 0 Å². The molecule has 3 nitrogen and oxygen atoms in total. The van der Waals surface area contributed by atoms with E-state index < -0.39 is 30.2 Å². The summed E-state index contributed by atoms with van der Waals surface area (Å²) in [5.41, 5.74) is 0. The van der Waals surface area contributed by atoms with Gasteiger partial charge in [0.15, 0.2) is 0 Å². The van der Waals surface area contributed by atoms with Crippen molar-refractivity contribution in [2.45, 2.75) is 58.9 Å². The smallest absolute Gasteiger partial charge is 0.379 e. The van der Waals surface area contributed by atoms with Gasteiger partial charge < -0.3 is 10.1 Å². The largest absolute Gasteiger partial charge is 0.463 e. The van der Waals surface area contributed by atoms with Crippen LogP contribution in [0.4, 0.5) is 22.0 Å². The van der Waals surface area contributed by atoms with Crippen molar-refractivity contribution in [3.8, 4) is 0 Å². The molecule has 0 saturated heterocycles. The van der Waals surface area contributed by atoms with Crippen LogP contribution < -0.4 is 5.32 Å². The number of hydrogen-bond donors (Lipinski definition) is 1. The monoisotopic (exact) mass is 307 g/mol. The number of hydrogen-bond acceptors (Lipinski definition) is 2. The highest BCUT2D eigenvalue weighted by molar-refractivity contribution is 5.84. The summed E-state index contributed by atoms with van der Waals surface area (Å²) in [6, 6.07) is -0.962. The van der Waals surface area contributed by atoms with E-state index in [-0.39, 0.29) is 5.92 Å². The maximum atomic E-state index is 12.7. The molecule has 0 rings (SSSR count). The lowest BCUT2D eigenvalue weighted by atomic mass is 10.0. The molecule has 0 aliphatic heterocycles. The number of alkyl halides is 5. The first-order chi connectivity index (χ1) is 8.95. The third-order valence-corrected chi connectivity index (χ3v) is 2.42. The van der Waals surface area contributed by atoms with Crippen LogP contribution in [0.3, 0.4) is 0 Å². The number of carbonyl (C=O) groups excluding carboxylic acids is 1. The maximum absolute atomic E-state index is 12.7. The van der Waals surface area contributed by atoms with E-state index in [1.807, 2.05) is 13.8 Å². The number of ether oxygens (including phenoxy) is 1. The normalized spacial score (nSPS) is 15.2. The molecule has 0 saturated carbocycles. The zero-order chi connectivity index (χ0) is 16.7. The molecule has 0 spiro atoms. The van der Waals surface area contributed by atoms with Gasteiger partial charge in [-0.05, 0) is 12.8 Å². The summed E-state index contributed by atoms with van der Waals surface area (Å²) in [4.78, 5) is 10.9. The Balaban J connectivity index is 0. The average Bonchev–Trinajstić information content (AvgIpc) is 2.30. The predicted octanol–water partition coefficient (Wildman–Crippen LogP) is 3.39. The molecule has 1 amide bonds. The highest BCUT2D eigenvalue weighted by Crippen LogP contribution is 2.35. The van der Waals surface area contributed by atoms with Gasteiger partial charge in [0, 0.05) is 7.11 Å². The minimum atomic E-state index is -5.91. The summed E-state index contributed by atoms with van der Waals surface area (Å²) in [7, 11) is 1.29. The number of rotatable bonds is 5. The summed E-state index contributed by atoms with van der Waals surface area (Å²) in [5.74, 6) is -7.92. The van der Waals surface area contributed by atoms with Crippen LogP contribution in [0.2, 0.25) is 0 Å². The molecule has 0 bridgehead atoms. The van der Waals surface area contributed by atoms with Crippen molar-refractivity contribution in [1.29, 1.82) is 0 Å². The number of nitrogens with one attached hydrogen (secondary N) is 1. The molecular formula is C12H22F5NO2. The van der Waals surface area contributed by atoms with Crippen LogP contribution in [0.25, 0.3) is 0 Å². The van der Waals surface area contributed by atoms with Gasteiger partial charge in [-0.3, -0.25) is 4.79 Å². The fraction of sp³-hybridized carbons (Fsp3) is 0.917. The molecule has 0 aliphatic carbocycles. The topological polar surface area (TPSA) is 38.3 Å². The van der Waals surface area contributed by atoms with Gasteiger partial charge in [0.05, 0.1) is 12.1 Å². The van der Waals surface area contributed by atoms with Gasteiger partial charge in [0.1, 0.15) is 0 Å². The highest BCUT2D eigenvalue weighted by Gasteiger charge is 2.63. The lowest BCUT2D eigenvalue weighted by molar-refractivity contribution is -0.270. The molecule has 0 radical (unpaired) electrons. The molecule has 8 heteroatoms. The first-order valence-electron chi connectivity index (χ1n) is 6.23. The molecule has 0 aromatic carbocycles. The Morgan fingerprint density at radius 3 is 1.70 bits per heavy atom. The average molecular weight is 307 g/mol. The second-order valence-electron chi connectivity index (χ2n) is 4.28. The van der Waals surface area contributed by atoms with E-state index in [2.05, 4.69) is 0 Å². The first kappa shape index (κ1) is 21.4. The third-order valence-electron chi connectivity index (χ3n) is 2.42. The van der Waals surface area contributed by atoms with Crippen LogP contribution >= 0.6 is 0 Å². The Morgan fingerprint density at radius 2 is 1.45 bits per heavy atom. The van der Waals surface area contributed by atoms with Gasteiger partial charge in [-0.1, -0.05) is 27.7 Å². The van der Waals surface area contributed by atoms with E-state index in [1.54, 1.807) is 19.2 Å². The number of methoxy groups -OCH3 is 1. The fourth-order valence-corrected chi connectivity index (χ4v) is 1.56. The van der Waals surface area contributed by atoms with Gasteiger partial charge in [-0.25, -0.2) is 0 Å². The van der Waals surface area contributed by atoms with Crippen LogP contribution in [0.1, 0.15) is 34.6 Å². The summed E-state index contributed by atoms with van der Waals surface area (Å²) >= 11 is 0. The molecule has 2 atom stereocenters. The van der Waals surface area contributed by atoms with Crippen LogP contribution in [0, 0.1) is 5.92 Å². The zero-order valence-corrected chi connectivity index (χ0v) is 12.4. The van der Waals surface area contributed by atoms with Crippen LogP contribution in [-0.2, 0) is 9.53 Å². The second kappa shape index (κ2) is 8.39. The van der Waals surface area contributed by atoms with Crippen LogP contribution in [0.5, 0.6) is 0 Å². The van der Waals surface area contributed by atoms with Gasteiger partial charge in [0.25, 0.3) is 0 Å². The summed E-state index contributed by atoms with van der Waals surface area (Å²) in [5, 5.41) is 1.63. The Morgan fingerprint density at radius 1 is 1.05 bits per heavy atom. The Kier molecular flexibility index (Phi) is 8.96. The molecule has 0 fully saturated rings. The molecule has 0 aliphatic rings. The maximum Gasteiger partial charge on any atom is 0.463 e. The van der Waals surface area contributed by atoms with Crippen molar-refractivity contribution in [2.24, 2.45) is 5.92 Å². The van der Waals surface area contributed by atoms with Gasteiger partial charge in [-0.2, -0.15) is 22.0 Å². The Hall–Kier alpha value is -0.920. The second-order valence-corrected chi connectivity index (χ2v) is 4.28. The molecule has 1 N–H and O–H groups in total. The van der Waals surface area contributed by atoms with Gasteiger partial charge in [-0.15, -0.1) is 0 Å². The van der Waals surface area contributed by atoms with Crippen LogP contribution in [0.15, 0.2) is 0 Å². The van der Waals surface area contributed by atoms with Crippen molar-refractivity contribution in [2.75, 3.05) is 7.11 Å². The van der Waals surface area contributed by atoms with E-state index in [4.69, 9.17) is 4.74 Å². The first-order valence-corrected chi connectivity index (χ1v) is 6.23. The minimum absolute atomic E-state index is 0.148. The van der Waals surface area contributed by atoms with Crippen molar-refractivity contribution in [3.63, 3.8) is 0 Å². The summed E-state index contributed by atoms with van der Waals surface area (Å²) < 4.78 is 66.1. The minimum Gasteiger partial charge on any atom is -0.379 e. The molecule has 122 valence electrons. The van der Waals surface area contributed by atoms with Gasteiger partial charge >= 0.3 is 18.0 Å². The van der Waals surface area contributed by atoms with Crippen LogP contribution in [-0.4, -0.2) is 37.3 Å². The van der Waals surface area contributed by atoms with Gasteiger partial charge in [0.2, 0.25) is 0 Å².